The quantitative estimate of drug-likeness (QED) is 0.602. The van der Waals surface area contributed by atoms with Crippen molar-refractivity contribution < 1.29 is 4.39 Å². The first-order valence-electron chi connectivity index (χ1n) is 9.89. The summed E-state index contributed by atoms with van der Waals surface area (Å²) in [7, 11) is 0. The van der Waals surface area contributed by atoms with Crippen LogP contribution in [0, 0.1) is 10.6 Å². The van der Waals surface area contributed by atoms with Crippen molar-refractivity contribution in [3.8, 4) is 11.4 Å². The SMILES string of the molecule is Fc1ccccc1-c1nn(CN2CCN(c3ncccn3)CC2)c(=S)n1C1CC1. The summed E-state index contributed by atoms with van der Waals surface area (Å²) in [6.07, 6.45) is 5.67. The second kappa shape index (κ2) is 7.64. The third kappa shape index (κ3) is 3.67. The number of nitrogens with zero attached hydrogens (tertiary/aromatic N) is 7. The fraction of sp³-hybridized carbons (Fsp3) is 0.400. The van der Waals surface area contributed by atoms with Gasteiger partial charge in [-0.2, -0.15) is 5.10 Å². The lowest BCUT2D eigenvalue weighted by molar-refractivity contribution is 0.193. The molecular weight excluding hydrogens is 389 g/mol. The van der Waals surface area contributed by atoms with Crippen molar-refractivity contribution in [3.63, 3.8) is 0 Å². The number of rotatable bonds is 5. The van der Waals surface area contributed by atoms with Gasteiger partial charge >= 0.3 is 0 Å². The average Bonchev–Trinajstić information content (AvgIpc) is 3.54. The molecule has 1 saturated carbocycles. The Balaban J connectivity index is 1.35. The highest BCUT2D eigenvalue weighted by molar-refractivity contribution is 7.71. The Labute approximate surface area is 173 Å². The molecule has 0 atom stereocenters. The second-order valence-corrected chi connectivity index (χ2v) is 7.85. The smallest absolute Gasteiger partial charge is 0.225 e. The van der Waals surface area contributed by atoms with Crippen LogP contribution < -0.4 is 4.90 Å². The van der Waals surface area contributed by atoms with Crippen LogP contribution in [0.2, 0.25) is 0 Å². The first-order valence-corrected chi connectivity index (χ1v) is 10.3. The fourth-order valence-corrected chi connectivity index (χ4v) is 4.07. The molecule has 0 radical (unpaired) electrons. The summed E-state index contributed by atoms with van der Waals surface area (Å²) in [5, 5.41) is 4.73. The van der Waals surface area contributed by atoms with E-state index in [-0.39, 0.29) is 5.82 Å². The predicted molar refractivity (Wildman–Crippen MR) is 111 cm³/mol. The van der Waals surface area contributed by atoms with Crippen LogP contribution in [0.25, 0.3) is 11.4 Å². The van der Waals surface area contributed by atoms with Crippen molar-refractivity contribution in [3.05, 3.63) is 53.3 Å². The van der Waals surface area contributed by atoms with Gasteiger partial charge in [-0.3, -0.25) is 9.47 Å². The van der Waals surface area contributed by atoms with E-state index in [4.69, 9.17) is 17.3 Å². The highest BCUT2D eigenvalue weighted by Crippen LogP contribution is 2.39. The van der Waals surface area contributed by atoms with E-state index in [1.54, 1.807) is 24.5 Å². The molecule has 0 N–H and O–H groups in total. The zero-order valence-corrected chi connectivity index (χ0v) is 16.8. The molecule has 0 bridgehead atoms. The van der Waals surface area contributed by atoms with Crippen LogP contribution in [0.1, 0.15) is 18.9 Å². The van der Waals surface area contributed by atoms with Gasteiger partial charge in [-0.1, -0.05) is 12.1 Å². The number of aromatic nitrogens is 5. The maximum atomic E-state index is 14.4. The molecule has 0 unspecified atom stereocenters. The van der Waals surface area contributed by atoms with Crippen LogP contribution in [0.5, 0.6) is 0 Å². The molecule has 5 rings (SSSR count). The van der Waals surface area contributed by atoms with Crippen LogP contribution in [-0.2, 0) is 6.67 Å². The van der Waals surface area contributed by atoms with Gasteiger partial charge in [0.15, 0.2) is 10.6 Å². The number of benzene rings is 1. The van der Waals surface area contributed by atoms with E-state index in [1.165, 1.54) is 6.07 Å². The number of hydrogen-bond acceptors (Lipinski definition) is 6. The zero-order valence-electron chi connectivity index (χ0n) is 16.0. The van der Waals surface area contributed by atoms with E-state index < -0.39 is 0 Å². The van der Waals surface area contributed by atoms with Crippen molar-refractivity contribution in [1.82, 2.24) is 29.2 Å². The fourth-order valence-electron chi connectivity index (χ4n) is 3.73. The van der Waals surface area contributed by atoms with Crippen LogP contribution in [-0.4, -0.2) is 55.4 Å². The summed E-state index contributed by atoms with van der Waals surface area (Å²) in [6.45, 7) is 4.03. The molecule has 1 aliphatic carbocycles. The van der Waals surface area contributed by atoms with Gasteiger partial charge in [-0.15, -0.1) is 0 Å². The summed E-state index contributed by atoms with van der Waals surface area (Å²) in [6, 6.07) is 8.93. The van der Waals surface area contributed by atoms with E-state index >= 15 is 0 Å². The largest absolute Gasteiger partial charge is 0.338 e. The highest BCUT2D eigenvalue weighted by atomic mass is 32.1. The third-order valence-corrected chi connectivity index (χ3v) is 5.85. The topological polar surface area (TPSA) is 55.0 Å². The van der Waals surface area contributed by atoms with Crippen molar-refractivity contribution in [1.29, 1.82) is 0 Å². The van der Waals surface area contributed by atoms with Gasteiger partial charge in [-0.05, 0) is 43.3 Å². The minimum atomic E-state index is -0.266. The Kier molecular flexibility index (Phi) is 4.84. The first-order chi connectivity index (χ1) is 14.2. The summed E-state index contributed by atoms with van der Waals surface area (Å²) >= 11 is 5.72. The minimum absolute atomic E-state index is 0.266. The van der Waals surface area contributed by atoms with Gasteiger partial charge in [-0.25, -0.2) is 19.0 Å². The van der Waals surface area contributed by atoms with Crippen LogP contribution >= 0.6 is 12.2 Å². The monoisotopic (exact) mass is 411 g/mol. The van der Waals surface area contributed by atoms with E-state index in [1.807, 2.05) is 21.4 Å². The number of hydrogen-bond donors (Lipinski definition) is 0. The molecule has 0 spiro atoms. The standard InChI is InChI=1S/C20H22FN7S/c21-17-5-2-1-4-16(17)18-24-27(20(29)28(18)15-6-7-15)14-25-10-12-26(13-11-25)19-22-8-3-9-23-19/h1-5,8-9,15H,6-7,10-14H2. The molecule has 3 heterocycles. The lowest BCUT2D eigenvalue weighted by Crippen LogP contribution is -2.47. The minimum Gasteiger partial charge on any atom is -0.338 e. The summed E-state index contributed by atoms with van der Waals surface area (Å²) in [5.41, 5.74) is 0.510. The van der Waals surface area contributed by atoms with Gasteiger partial charge in [0.05, 0.1) is 12.2 Å². The lowest BCUT2D eigenvalue weighted by Gasteiger charge is -2.34. The highest BCUT2D eigenvalue weighted by Gasteiger charge is 2.30. The van der Waals surface area contributed by atoms with Crippen LogP contribution in [0.4, 0.5) is 10.3 Å². The molecule has 2 fully saturated rings. The molecule has 1 aromatic carbocycles. The summed E-state index contributed by atoms with van der Waals surface area (Å²) in [5.74, 6) is 1.13. The van der Waals surface area contributed by atoms with E-state index in [0.29, 0.717) is 28.9 Å². The van der Waals surface area contributed by atoms with Gasteiger partial charge < -0.3 is 4.90 Å². The molecule has 150 valence electrons. The molecule has 9 heteroatoms. The summed E-state index contributed by atoms with van der Waals surface area (Å²) < 4.78 is 19.0. The molecule has 2 aliphatic rings. The van der Waals surface area contributed by atoms with E-state index in [2.05, 4.69) is 19.8 Å². The molecule has 0 amide bonds. The Morgan fingerprint density at radius 2 is 1.72 bits per heavy atom. The molecule has 3 aromatic rings. The molecule has 29 heavy (non-hydrogen) atoms. The molecule has 1 aliphatic heterocycles. The predicted octanol–water partition coefficient (Wildman–Crippen LogP) is 3.12. The average molecular weight is 412 g/mol. The van der Waals surface area contributed by atoms with Gasteiger partial charge in [0.1, 0.15) is 5.82 Å². The number of anilines is 1. The molecular formula is C20H22FN7S. The first kappa shape index (κ1) is 18.4. The van der Waals surface area contributed by atoms with Gasteiger partial charge in [0.25, 0.3) is 0 Å². The Hall–Kier alpha value is -2.65. The molecule has 7 nitrogen and oxygen atoms in total. The third-order valence-electron chi connectivity index (χ3n) is 5.44. The van der Waals surface area contributed by atoms with Crippen LogP contribution in [0.3, 0.4) is 0 Å². The van der Waals surface area contributed by atoms with Crippen molar-refractivity contribution in [2.75, 3.05) is 31.1 Å². The number of piperazine rings is 1. The van der Waals surface area contributed by atoms with Crippen molar-refractivity contribution >= 4 is 18.2 Å². The second-order valence-electron chi connectivity index (χ2n) is 7.48. The zero-order chi connectivity index (χ0) is 19.8. The van der Waals surface area contributed by atoms with Crippen molar-refractivity contribution in [2.24, 2.45) is 0 Å². The van der Waals surface area contributed by atoms with Gasteiger partial charge in [0, 0.05) is 44.6 Å². The van der Waals surface area contributed by atoms with Crippen molar-refractivity contribution in [2.45, 2.75) is 25.6 Å². The summed E-state index contributed by atoms with van der Waals surface area (Å²) in [4.78, 5) is 13.2. The molecule has 2 aromatic heterocycles. The number of halogens is 1. The maximum Gasteiger partial charge on any atom is 0.225 e. The van der Waals surface area contributed by atoms with Gasteiger partial charge in [0.2, 0.25) is 5.95 Å². The lowest BCUT2D eigenvalue weighted by atomic mass is 10.2. The van der Waals surface area contributed by atoms with E-state index in [0.717, 1.165) is 45.0 Å². The Bertz CT molecular complexity index is 1050. The molecule has 1 saturated heterocycles. The Morgan fingerprint density at radius 3 is 2.41 bits per heavy atom. The Morgan fingerprint density at radius 1 is 1.00 bits per heavy atom. The maximum absolute atomic E-state index is 14.4. The van der Waals surface area contributed by atoms with E-state index in [9.17, 15) is 4.39 Å². The normalized spacial score (nSPS) is 17.6. The van der Waals surface area contributed by atoms with Crippen LogP contribution in [0.15, 0.2) is 42.7 Å².